The van der Waals surface area contributed by atoms with Gasteiger partial charge in [0.1, 0.15) is 0 Å². The molecular formula is C10H15N5. The first-order chi connectivity index (χ1) is 7.22. The molecule has 0 aliphatic carbocycles. The summed E-state index contributed by atoms with van der Waals surface area (Å²) in [5.41, 5.74) is 1.80. The van der Waals surface area contributed by atoms with Crippen LogP contribution in [0.15, 0.2) is 12.1 Å². The fraction of sp³-hybridized carbons (Fsp3) is 0.500. The molecule has 5 nitrogen and oxygen atoms in total. The maximum Gasteiger partial charge on any atom is 0.177 e. The second-order valence-electron chi connectivity index (χ2n) is 3.84. The Hall–Kier alpha value is -1.49. The van der Waals surface area contributed by atoms with Crippen LogP contribution in [0.4, 0.5) is 0 Å². The van der Waals surface area contributed by atoms with Crippen molar-refractivity contribution in [1.82, 2.24) is 25.1 Å². The van der Waals surface area contributed by atoms with Crippen molar-refractivity contribution in [3.63, 3.8) is 0 Å². The Morgan fingerprint density at radius 3 is 2.80 bits per heavy atom. The van der Waals surface area contributed by atoms with Crippen molar-refractivity contribution in [2.45, 2.75) is 26.3 Å². The van der Waals surface area contributed by atoms with Gasteiger partial charge in [-0.25, -0.2) is 0 Å². The van der Waals surface area contributed by atoms with Crippen molar-refractivity contribution < 1.29 is 0 Å². The minimum absolute atomic E-state index is 0.331. The molecule has 2 aromatic rings. The minimum Gasteiger partial charge on any atom is -0.314 e. The molecule has 2 aromatic heterocycles. The van der Waals surface area contributed by atoms with Gasteiger partial charge in [0, 0.05) is 12.5 Å². The lowest BCUT2D eigenvalue weighted by atomic mass is 10.2. The van der Waals surface area contributed by atoms with E-state index < -0.39 is 0 Å². The predicted molar refractivity (Wildman–Crippen MR) is 57.6 cm³/mol. The van der Waals surface area contributed by atoms with Gasteiger partial charge < -0.3 is 5.32 Å². The van der Waals surface area contributed by atoms with E-state index in [4.69, 9.17) is 0 Å². The van der Waals surface area contributed by atoms with Crippen molar-refractivity contribution in [2.75, 3.05) is 7.05 Å². The highest BCUT2D eigenvalue weighted by molar-refractivity contribution is 5.36. The third-order valence-corrected chi connectivity index (χ3v) is 2.22. The summed E-state index contributed by atoms with van der Waals surface area (Å²) in [6, 6.07) is 3.91. The first-order valence-electron chi connectivity index (χ1n) is 5.08. The van der Waals surface area contributed by atoms with Crippen LogP contribution in [0.1, 0.15) is 31.3 Å². The Morgan fingerprint density at radius 1 is 1.33 bits per heavy atom. The van der Waals surface area contributed by atoms with E-state index in [2.05, 4.69) is 34.5 Å². The van der Waals surface area contributed by atoms with Crippen molar-refractivity contribution in [2.24, 2.45) is 0 Å². The zero-order valence-corrected chi connectivity index (χ0v) is 9.23. The van der Waals surface area contributed by atoms with Crippen LogP contribution >= 0.6 is 0 Å². The largest absolute Gasteiger partial charge is 0.314 e. The molecule has 0 saturated heterocycles. The summed E-state index contributed by atoms with van der Waals surface area (Å²) >= 11 is 0. The number of nitrogens with zero attached hydrogens (tertiary/aromatic N) is 4. The van der Waals surface area contributed by atoms with Gasteiger partial charge in [-0.2, -0.15) is 9.61 Å². The fourth-order valence-corrected chi connectivity index (χ4v) is 1.48. The SMILES string of the molecule is CNCc1ccc2nnc(C(C)C)n2n1. The van der Waals surface area contributed by atoms with E-state index >= 15 is 0 Å². The molecule has 0 atom stereocenters. The molecule has 0 unspecified atom stereocenters. The highest BCUT2D eigenvalue weighted by Crippen LogP contribution is 2.12. The van der Waals surface area contributed by atoms with Gasteiger partial charge in [-0.15, -0.1) is 10.2 Å². The second kappa shape index (κ2) is 3.94. The molecule has 80 valence electrons. The van der Waals surface area contributed by atoms with Crippen LogP contribution in [0.5, 0.6) is 0 Å². The average Bonchev–Trinajstić information content (AvgIpc) is 2.61. The smallest absolute Gasteiger partial charge is 0.177 e. The number of nitrogens with one attached hydrogen (secondary N) is 1. The molecule has 0 fully saturated rings. The molecule has 2 rings (SSSR count). The molecule has 0 saturated carbocycles. The number of hydrogen-bond acceptors (Lipinski definition) is 4. The molecule has 0 aliphatic rings. The van der Waals surface area contributed by atoms with Crippen LogP contribution in [0, 0.1) is 0 Å². The predicted octanol–water partition coefficient (Wildman–Crippen LogP) is 0.967. The molecule has 15 heavy (non-hydrogen) atoms. The summed E-state index contributed by atoms with van der Waals surface area (Å²) in [4.78, 5) is 0. The van der Waals surface area contributed by atoms with E-state index in [-0.39, 0.29) is 0 Å². The molecule has 0 spiro atoms. The summed E-state index contributed by atoms with van der Waals surface area (Å²) in [6.07, 6.45) is 0. The third kappa shape index (κ3) is 1.83. The lowest BCUT2D eigenvalue weighted by molar-refractivity contribution is 0.691. The lowest BCUT2D eigenvalue weighted by Crippen LogP contribution is -2.10. The monoisotopic (exact) mass is 205 g/mol. The Labute approximate surface area is 88.5 Å². The molecular weight excluding hydrogens is 190 g/mol. The van der Waals surface area contributed by atoms with Crippen LogP contribution < -0.4 is 5.32 Å². The highest BCUT2D eigenvalue weighted by atomic mass is 15.4. The zero-order chi connectivity index (χ0) is 10.8. The first-order valence-corrected chi connectivity index (χ1v) is 5.08. The highest BCUT2D eigenvalue weighted by Gasteiger charge is 2.10. The molecule has 0 radical (unpaired) electrons. The van der Waals surface area contributed by atoms with Gasteiger partial charge in [-0.3, -0.25) is 0 Å². The van der Waals surface area contributed by atoms with Gasteiger partial charge in [0.15, 0.2) is 11.5 Å². The summed E-state index contributed by atoms with van der Waals surface area (Å²) in [6.45, 7) is 4.93. The first kappa shape index (κ1) is 10.0. The van der Waals surface area contributed by atoms with E-state index in [0.717, 1.165) is 23.7 Å². The second-order valence-corrected chi connectivity index (χ2v) is 3.84. The van der Waals surface area contributed by atoms with E-state index in [0.29, 0.717) is 5.92 Å². The quantitative estimate of drug-likeness (QED) is 0.811. The van der Waals surface area contributed by atoms with E-state index in [9.17, 15) is 0 Å². The zero-order valence-electron chi connectivity index (χ0n) is 9.23. The van der Waals surface area contributed by atoms with Crippen LogP contribution in [0.3, 0.4) is 0 Å². The Kier molecular flexibility index (Phi) is 2.64. The molecule has 1 N–H and O–H groups in total. The number of hydrogen-bond donors (Lipinski definition) is 1. The average molecular weight is 205 g/mol. The van der Waals surface area contributed by atoms with Gasteiger partial charge in [0.05, 0.1) is 5.69 Å². The van der Waals surface area contributed by atoms with Gasteiger partial charge in [-0.1, -0.05) is 13.8 Å². The standard InChI is InChI=1S/C10H15N5/c1-7(2)10-13-12-9-5-4-8(6-11-3)14-15(9)10/h4-5,7,11H,6H2,1-3H3. The molecule has 0 bridgehead atoms. The number of aromatic nitrogens is 4. The number of fused-ring (bicyclic) bond motifs is 1. The topological polar surface area (TPSA) is 55.1 Å². The molecule has 0 aromatic carbocycles. The summed E-state index contributed by atoms with van der Waals surface area (Å²) in [7, 11) is 1.90. The van der Waals surface area contributed by atoms with Crippen molar-refractivity contribution in [3.8, 4) is 0 Å². The van der Waals surface area contributed by atoms with Gasteiger partial charge >= 0.3 is 0 Å². The Morgan fingerprint density at radius 2 is 2.13 bits per heavy atom. The van der Waals surface area contributed by atoms with Crippen molar-refractivity contribution >= 4 is 5.65 Å². The van der Waals surface area contributed by atoms with Crippen molar-refractivity contribution in [1.29, 1.82) is 0 Å². The summed E-state index contributed by atoms with van der Waals surface area (Å²) in [5.74, 6) is 1.24. The normalized spacial score (nSPS) is 11.5. The third-order valence-electron chi connectivity index (χ3n) is 2.22. The fourth-order valence-electron chi connectivity index (χ4n) is 1.48. The van der Waals surface area contributed by atoms with Crippen LogP contribution in [-0.2, 0) is 6.54 Å². The van der Waals surface area contributed by atoms with E-state index in [1.165, 1.54) is 0 Å². The minimum atomic E-state index is 0.331. The van der Waals surface area contributed by atoms with Crippen LogP contribution in [0.2, 0.25) is 0 Å². The Balaban J connectivity index is 2.51. The van der Waals surface area contributed by atoms with Crippen LogP contribution in [-0.4, -0.2) is 26.9 Å². The molecule has 0 aliphatic heterocycles. The van der Waals surface area contributed by atoms with Gasteiger partial charge in [0.2, 0.25) is 0 Å². The maximum absolute atomic E-state index is 4.48. The van der Waals surface area contributed by atoms with E-state index in [1.807, 2.05) is 23.7 Å². The molecule has 5 heteroatoms. The Bertz CT molecular complexity index is 460. The molecule has 0 amide bonds. The molecule has 2 heterocycles. The summed E-state index contributed by atoms with van der Waals surface area (Å²) < 4.78 is 1.82. The summed E-state index contributed by atoms with van der Waals surface area (Å²) in [5, 5.41) is 15.7. The van der Waals surface area contributed by atoms with Crippen LogP contribution in [0.25, 0.3) is 5.65 Å². The van der Waals surface area contributed by atoms with E-state index in [1.54, 1.807) is 0 Å². The number of rotatable bonds is 3. The lowest BCUT2D eigenvalue weighted by Gasteiger charge is -2.03. The van der Waals surface area contributed by atoms with Crippen molar-refractivity contribution in [3.05, 3.63) is 23.7 Å². The van der Waals surface area contributed by atoms with Gasteiger partial charge in [-0.05, 0) is 19.2 Å². The van der Waals surface area contributed by atoms with Gasteiger partial charge in [0.25, 0.3) is 0 Å². The maximum atomic E-state index is 4.48.